The Morgan fingerprint density at radius 3 is 2.88 bits per heavy atom. The molecule has 1 atom stereocenters. The summed E-state index contributed by atoms with van der Waals surface area (Å²) in [5, 5.41) is 11.8. The third-order valence-corrected chi connectivity index (χ3v) is 3.65. The van der Waals surface area contributed by atoms with Crippen LogP contribution in [0.2, 0.25) is 0 Å². The maximum absolute atomic E-state index is 11.7. The molecule has 0 bridgehead atoms. The van der Waals surface area contributed by atoms with Crippen molar-refractivity contribution in [2.75, 3.05) is 19.3 Å². The first-order valence-electron chi connectivity index (χ1n) is 4.71. The van der Waals surface area contributed by atoms with Gasteiger partial charge in [-0.25, -0.2) is 8.99 Å². The number of anilines is 1. The van der Waals surface area contributed by atoms with E-state index in [0.29, 0.717) is 11.7 Å². The van der Waals surface area contributed by atoms with Gasteiger partial charge in [-0.1, -0.05) is 6.07 Å². The van der Waals surface area contributed by atoms with Crippen molar-refractivity contribution in [3.8, 4) is 0 Å². The molecule has 1 aromatic carbocycles. The molecule has 0 spiro atoms. The Balaban J connectivity index is 2.45. The molecule has 88 valence electrons. The Labute approximate surface area is 94.5 Å². The summed E-state index contributed by atoms with van der Waals surface area (Å²) >= 11 is 0. The molecule has 2 rings (SSSR count). The zero-order valence-corrected chi connectivity index (χ0v) is 9.87. The molecular formula is C9H13N4O2S-. The van der Waals surface area contributed by atoms with Gasteiger partial charge in [0.05, 0.1) is 10.6 Å². The Morgan fingerprint density at radius 2 is 2.25 bits per heavy atom. The van der Waals surface area contributed by atoms with Crippen molar-refractivity contribution >= 4 is 15.6 Å². The minimum atomic E-state index is -3.15. The van der Waals surface area contributed by atoms with Crippen LogP contribution >= 0.6 is 0 Å². The van der Waals surface area contributed by atoms with Gasteiger partial charge in [-0.05, 0) is 31.8 Å². The summed E-state index contributed by atoms with van der Waals surface area (Å²) in [6.45, 7) is 0.695. The van der Waals surface area contributed by atoms with Crippen molar-refractivity contribution in [1.82, 2.24) is 9.73 Å². The highest BCUT2D eigenvalue weighted by molar-refractivity contribution is 7.91. The zero-order chi connectivity index (χ0) is 11.9. The molecule has 0 fully saturated rings. The largest absolute Gasteiger partial charge is 0.742 e. The number of hydrazine groups is 1. The fourth-order valence-corrected chi connectivity index (χ4v) is 2.77. The molecule has 1 heterocycles. The number of hydrogen-bond acceptors (Lipinski definition) is 5. The second-order valence-electron chi connectivity index (χ2n) is 3.98. The summed E-state index contributed by atoms with van der Waals surface area (Å²) in [5.74, 6) is 0. The smallest absolute Gasteiger partial charge is 0.153 e. The third-order valence-electron chi connectivity index (χ3n) is 2.26. The molecule has 7 heteroatoms. The highest BCUT2D eigenvalue weighted by Crippen LogP contribution is 2.31. The van der Waals surface area contributed by atoms with Crippen molar-refractivity contribution in [2.24, 2.45) is 0 Å². The van der Waals surface area contributed by atoms with E-state index in [-0.39, 0.29) is 10.6 Å². The first-order chi connectivity index (χ1) is 7.40. The molecule has 1 aliphatic heterocycles. The van der Waals surface area contributed by atoms with Gasteiger partial charge in [0.25, 0.3) is 0 Å². The summed E-state index contributed by atoms with van der Waals surface area (Å²) in [6.07, 6.45) is 0. The van der Waals surface area contributed by atoms with Crippen LogP contribution in [0.15, 0.2) is 23.1 Å². The van der Waals surface area contributed by atoms with E-state index in [9.17, 15) is 9.42 Å². The van der Waals surface area contributed by atoms with Crippen LogP contribution in [0.3, 0.4) is 0 Å². The van der Waals surface area contributed by atoms with Crippen LogP contribution < -0.4 is 10.0 Å². The van der Waals surface area contributed by atoms with E-state index in [1.54, 1.807) is 18.2 Å². The molecule has 0 radical (unpaired) electrons. The van der Waals surface area contributed by atoms with Crippen LogP contribution in [-0.4, -0.2) is 23.2 Å². The van der Waals surface area contributed by atoms with Crippen LogP contribution in [0.4, 0.5) is 5.69 Å². The Bertz CT molecular complexity index is 512. The number of rotatable bonds is 2. The van der Waals surface area contributed by atoms with Crippen molar-refractivity contribution in [3.63, 3.8) is 0 Å². The van der Waals surface area contributed by atoms with E-state index < -0.39 is 9.92 Å². The Morgan fingerprint density at radius 1 is 1.56 bits per heavy atom. The lowest BCUT2D eigenvalue weighted by atomic mass is 10.2. The van der Waals surface area contributed by atoms with E-state index in [0.717, 1.165) is 5.56 Å². The van der Waals surface area contributed by atoms with Gasteiger partial charge in [0, 0.05) is 6.54 Å². The van der Waals surface area contributed by atoms with Gasteiger partial charge < -0.3 is 15.3 Å². The number of nitrogens with one attached hydrogen (secondary N) is 2. The third kappa shape index (κ3) is 1.90. The molecule has 16 heavy (non-hydrogen) atoms. The van der Waals surface area contributed by atoms with E-state index in [2.05, 4.69) is 4.83 Å². The fraction of sp³-hybridized carbons (Fsp3) is 0.333. The lowest BCUT2D eigenvalue weighted by Gasteiger charge is -2.23. The summed E-state index contributed by atoms with van der Waals surface area (Å²) in [6, 6.07) is 5.03. The monoisotopic (exact) mass is 241 g/mol. The number of benzene rings is 1. The Kier molecular flexibility index (Phi) is 2.62. The highest BCUT2D eigenvalue weighted by Gasteiger charge is 2.24. The van der Waals surface area contributed by atoms with Crippen molar-refractivity contribution in [3.05, 3.63) is 29.0 Å². The van der Waals surface area contributed by atoms with Crippen molar-refractivity contribution in [1.29, 1.82) is 4.78 Å². The molecule has 0 aliphatic carbocycles. The maximum atomic E-state index is 11.7. The molecule has 1 unspecified atom stereocenters. The molecule has 0 aromatic heterocycles. The van der Waals surface area contributed by atoms with Crippen LogP contribution in [0.5, 0.6) is 0 Å². The van der Waals surface area contributed by atoms with E-state index in [1.165, 1.54) is 0 Å². The van der Waals surface area contributed by atoms with Gasteiger partial charge >= 0.3 is 0 Å². The molecule has 2 N–H and O–H groups in total. The topological polar surface area (TPSA) is 82.5 Å². The predicted octanol–water partition coefficient (Wildman–Crippen LogP) is 0.891. The number of fused-ring (bicyclic) bond motifs is 1. The van der Waals surface area contributed by atoms with Crippen molar-refractivity contribution < 1.29 is 4.21 Å². The van der Waals surface area contributed by atoms with Crippen LogP contribution in [0.25, 0.3) is 0 Å². The molecule has 6 nitrogen and oxygen atoms in total. The lowest BCUT2D eigenvalue weighted by Crippen LogP contribution is -2.29. The fourth-order valence-electron chi connectivity index (χ4n) is 1.64. The quantitative estimate of drug-likeness (QED) is 0.805. The molecule has 1 aliphatic rings. The van der Waals surface area contributed by atoms with Gasteiger partial charge in [0.1, 0.15) is 0 Å². The standard InChI is InChI=1S/C9H13N4O2S/c1-12(2)6-7-3-4-9-8(5-7)13(14)11-16(9,10)15/h3-5H,6H2,1-2H3,(H2,10,11,15)/q-1. The average molecular weight is 241 g/mol. The molecule has 0 saturated heterocycles. The molecular weight excluding hydrogens is 228 g/mol. The second kappa shape index (κ2) is 3.70. The maximum Gasteiger partial charge on any atom is 0.153 e. The van der Waals surface area contributed by atoms with E-state index >= 15 is 0 Å². The Hall–Kier alpha value is -1.15. The van der Waals surface area contributed by atoms with Crippen molar-refractivity contribution in [2.45, 2.75) is 11.4 Å². The minimum Gasteiger partial charge on any atom is -0.742 e. The lowest BCUT2D eigenvalue weighted by molar-refractivity contribution is 0.402. The molecule has 0 amide bonds. The second-order valence-corrected chi connectivity index (χ2v) is 5.72. The first-order valence-corrected chi connectivity index (χ1v) is 6.27. The normalized spacial score (nSPS) is 23.9. The van der Waals surface area contributed by atoms with E-state index in [4.69, 9.17) is 4.78 Å². The van der Waals surface area contributed by atoms with Crippen LogP contribution in [0.1, 0.15) is 5.56 Å². The van der Waals surface area contributed by atoms with Crippen LogP contribution in [-0.2, 0) is 16.5 Å². The first kappa shape index (κ1) is 11.3. The SMILES string of the molecule is CN(C)Cc1ccc2c(c1)N([O-])NS2(=N)=O. The summed E-state index contributed by atoms with van der Waals surface area (Å²) < 4.78 is 19.1. The van der Waals surface area contributed by atoms with E-state index in [1.807, 2.05) is 19.0 Å². The summed E-state index contributed by atoms with van der Waals surface area (Å²) in [5.41, 5.74) is 1.22. The van der Waals surface area contributed by atoms with Gasteiger partial charge in [0.15, 0.2) is 9.92 Å². The summed E-state index contributed by atoms with van der Waals surface area (Å²) in [4.78, 5) is 4.32. The predicted molar refractivity (Wildman–Crippen MR) is 61.9 cm³/mol. The van der Waals surface area contributed by atoms with Crippen LogP contribution in [0, 0.1) is 9.99 Å². The van der Waals surface area contributed by atoms with Gasteiger partial charge in [-0.15, -0.1) is 4.83 Å². The number of hydrogen-bond donors (Lipinski definition) is 2. The highest BCUT2D eigenvalue weighted by atomic mass is 32.2. The summed E-state index contributed by atoms with van der Waals surface area (Å²) in [7, 11) is 0.699. The van der Waals surface area contributed by atoms with Gasteiger partial charge in [-0.3, -0.25) is 0 Å². The van der Waals surface area contributed by atoms with Gasteiger partial charge in [-0.2, -0.15) is 0 Å². The minimum absolute atomic E-state index is 0.255. The number of nitrogens with zero attached hydrogens (tertiary/aromatic N) is 2. The zero-order valence-electron chi connectivity index (χ0n) is 9.06. The molecule has 0 saturated carbocycles. The molecule has 1 aromatic rings. The van der Waals surface area contributed by atoms with Gasteiger partial charge in [0.2, 0.25) is 0 Å². The average Bonchev–Trinajstić information content (AvgIpc) is 2.36.